The normalized spacial score (nSPS) is 13.2. The second kappa shape index (κ2) is 17.8. The number of rotatable bonds is 18. The summed E-state index contributed by atoms with van der Waals surface area (Å²) in [6, 6.07) is 8.07. The predicted octanol–water partition coefficient (Wildman–Crippen LogP) is 5.82. The molecule has 172 valence electrons. The summed E-state index contributed by atoms with van der Waals surface area (Å²) in [7, 11) is 1.40. The Labute approximate surface area is 189 Å². The Morgan fingerprint density at radius 3 is 2.27 bits per heavy atom. The molecule has 1 aromatic rings. The SMILES string of the molecule is CCCCCCCCCCCCc1ccccc1C(SCCNS(=O)O)C(=O)OC. The number of hydrogen-bond acceptors (Lipinski definition) is 4. The Kier molecular flexibility index (Phi) is 16.1. The molecule has 2 atom stereocenters. The average molecular weight is 458 g/mol. The number of carbonyl (C=O) groups is 1. The number of unbranched alkanes of at least 4 members (excludes halogenated alkanes) is 9. The third-order valence-corrected chi connectivity index (χ3v) is 6.84. The molecule has 0 aliphatic rings. The van der Waals surface area contributed by atoms with Crippen LogP contribution in [0.25, 0.3) is 0 Å². The van der Waals surface area contributed by atoms with Gasteiger partial charge in [-0.2, -0.15) is 0 Å². The number of ether oxygens (including phenoxy) is 1. The van der Waals surface area contributed by atoms with Gasteiger partial charge in [-0.05, 0) is 24.0 Å². The Balaban J connectivity index is 2.45. The van der Waals surface area contributed by atoms with Crippen LogP contribution in [0.15, 0.2) is 24.3 Å². The van der Waals surface area contributed by atoms with Crippen molar-refractivity contribution < 1.29 is 18.3 Å². The van der Waals surface area contributed by atoms with Gasteiger partial charge in [0.15, 0.2) is 0 Å². The van der Waals surface area contributed by atoms with Crippen molar-refractivity contribution in [3.05, 3.63) is 35.4 Å². The average Bonchev–Trinajstić information content (AvgIpc) is 2.75. The first-order valence-electron chi connectivity index (χ1n) is 11.2. The molecule has 0 fully saturated rings. The molecule has 2 unspecified atom stereocenters. The first-order valence-corrected chi connectivity index (χ1v) is 13.4. The Morgan fingerprint density at radius 2 is 1.67 bits per heavy atom. The van der Waals surface area contributed by atoms with E-state index in [4.69, 9.17) is 9.29 Å². The quantitative estimate of drug-likeness (QED) is 0.165. The predicted molar refractivity (Wildman–Crippen MR) is 128 cm³/mol. The zero-order valence-electron chi connectivity index (χ0n) is 18.6. The monoisotopic (exact) mass is 457 g/mol. The Morgan fingerprint density at radius 1 is 1.07 bits per heavy atom. The van der Waals surface area contributed by atoms with Crippen molar-refractivity contribution >= 4 is 29.0 Å². The fourth-order valence-corrected chi connectivity index (χ4v) is 5.02. The van der Waals surface area contributed by atoms with E-state index in [0.717, 1.165) is 18.4 Å². The maximum Gasteiger partial charge on any atom is 0.323 e. The van der Waals surface area contributed by atoms with Crippen molar-refractivity contribution in [3.8, 4) is 0 Å². The fourth-order valence-electron chi connectivity index (χ4n) is 3.52. The lowest BCUT2D eigenvalue weighted by Crippen LogP contribution is -2.21. The lowest BCUT2D eigenvalue weighted by molar-refractivity contribution is -0.140. The number of methoxy groups -OCH3 is 1. The molecule has 0 aliphatic carbocycles. The summed E-state index contributed by atoms with van der Waals surface area (Å²) in [5.74, 6) is 0.263. The van der Waals surface area contributed by atoms with E-state index < -0.39 is 16.5 Å². The van der Waals surface area contributed by atoms with E-state index >= 15 is 0 Å². The molecule has 2 N–H and O–H groups in total. The molecule has 0 bridgehead atoms. The second-order valence-electron chi connectivity index (χ2n) is 7.55. The zero-order chi connectivity index (χ0) is 22.0. The minimum atomic E-state index is -2.03. The second-order valence-corrected chi connectivity index (χ2v) is 9.55. The third kappa shape index (κ3) is 12.1. The number of thioether (sulfide) groups is 1. The summed E-state index contributed by atoms with van der Waals surface area (Å²) < 4.78 is 27.0. The number of hydrogen-bond donors (Lipinski definition) is 2. The number of carbonyl (C=O) groups excluding carboxylic acids is 1. The van der Waals surface area contributed by atoms with Crippen molar-refractivity contribution in [3.63, 3.8) is 0 Å². The molecule has 0 saturated carbocycles. The number of esters is 1. The number of benzene rings is 1. The van der Waals surface area contributed by atoms with Gasteiger partial charge < -0.3 is 4.74 Å². The summed E-state index contributed by atoms with van der Waals surface area (Å²) >= 11 is -0.593. The standard InChI is InChI=1S/C23H39NO4S2/c1-3-4-5-6-7-8-9-10-11-12-15-20-16-13-14-17-21(20)22(23(25)28-2)29-19-18-24-30(26)27/h13-14,16-17,22,24H,3-12,15,18-19H2,1-2H3,(H,26,27). The lowest BCUT2D eigenvalue weighted by atomic mass is 9.98. The molecule has 0 amide bonds. The van der Waals surface area contributed by atoms with E-state index in [2.05, 4.69) is 17.7 Å². The summed E-state index contributed by atoms with van der Waals surface area (Å²) in [4.78, 5) is 12.4. The van der Waals surface area contributed by atoms with E-state index in [1.165, 1.54) is 82.2 Å². The summed E-state index contributed by atoms with van der Waals surface area (Å²) in [5.41, 5.74) is 2.19. The van der Waals surface area contributed by atoms with Crippen LogP contribution < -0.4 is 4.72 Å². The van der Waals surface area contributed by atoms with Gasteiger partial charge in [0.2, 0.25) is 11.3 Å². The highest BCUT2D eigenvalue weighted by Gasteiger charge is 2.24. The van der Waals surface area contributed by atoms with E-state index in [-0.39, 0.29) is 5.97 Å². The van der Waals surface area contributed by atoms with Crippen LogP contribution in [0.1, 0.15) is 87.5 Å². The van der Waals surface area contributed by atoms with E-state index in [0.29, 0.717) is 12.3 Å². The molecule has 7 heteroatoms. The summed E-state index contributed by atoms with van der Waals surface area (Å²) in [6.07, 6.45) is 14.0. The molecule has 0 spiro atoms. The van der Waals surface area contributed by atoms with Gasteiger partial charge in [0.25, 0.3) is 0 Å². The first kappa shape index (κ1) is 27.1. The molecule has 1 rings (SSSR count). The van der Waals surface area contributed by atoms with E-state index in [1.54, 1.807) is 0 Å². The molecule has 0 radical (unpaired) electrons. The fraction of sp³-hybridized carbons (Fsp3) is 0.696. The van der Waals surface area contributed by atoms with Gasteiger partial charge in [0.05, 0.1) is 7.11 Å². The maximum absolute atomic E-state index is 12.4. The van der Waals surface area contributed by atoms with Gasteiger partial charge in [-0.3, -0.25) is 9.35 Å². The van der Waals surface area contributed by atoms with Gasteiger partial charge >= 0.3 is 5.97 Å². The summed E-state index contributed by atoms with van der Waals surface area (Å²) in [6.45, 7) is 2.60. The molecule has 5 nitrogen and oxygen atoms in total. The van der Waals surface area contributed by atoms with Crippen LogP contribution in [0.2, 0.25) is 0 Å². The van der Waals surface area contributed by atoms with Crippen LogP contribution in [0.4, 0.5) is 0 Å². The van der Waals surface area contributed by atoms with Crippen LogP contribution >= 0.6 is 11.8 Å². The highest BCUT2D eigenvalue weighted by Crippen LogP contribution is 2.33. The molecule has 30 heavy (non-hydrogen) atoms. The summed E-state index contributed by atoms with van der Waals surface area (Å²) in [5, 5.41) is -0.414. The van der Waals surface area contributed by atoms with Crippen molar-refractivity contribution in [2.45, 2.75) is 82.8 Å². The van der Waals surface area contributed by atoms with Crippen molar-refractivity contribution in [2.24, 2.45) is 0 Å². The van der Waals surface area contributed by atoms with Crippen LogP contribution in [-0.2, 0) is 27.2 Å². The number of aryl methyl sites for hydroxylation is 1. The number of nitrogens with one attached hydrogen (secondary N) is 1. The van der Waals surface area contributed by atoms with Gasteiger partial charge in [-0.25, -0.2) is 8.93 Å². The largest absolute Gasteiger partial charge is 0.468 e. The van der Waals surface area contributed by atoms with Crippen molar-refractivity contribution in [1.29, 1.82) is 0 Å². The van der Waals surface area contributed by atoms with Crippen LogP contribution in [0, 0.1) is 0 Å². The Bertz CT molecular complexity index is 613. The minimum absolute atomic E-state index is 0.277. The van der Waals surface area contributed by atoms with Crippen LogP contribution in [0.3, 0.4) is 0 Å². The topological polar surface area (TPSA) is 75.6 Å². The highest BCUT2D eigenvalue weighted by atomic mass is 32.2. The molecular weight excluding hydrogens is 418 g/mol. The van der Waals surface area contributed by atoms with Gasteiger partial charge in [0, 0.05) is 12.3 Å². The highest BCUT2D eigenvalue weighted by molar-refractivity contribution is 8.00. The smallest absolute Gasteiger partial charge is 0.323 e. The zero-order valence-corrected chi connectivity index (χ0v) is 20.2. The molecule has 0 saturated heterocycles. The molecule has 0 aromatic heterocycles. The van der Waals surface area contributed by atoms with E-state index in [9.17, 15) is 9.00 Å². The lowest BCUT2D eigenvalue weighted by Gasteiger charge is -2.18. The van der Waals surface area contributed by atoms with Gasteiger partial charge in [-0.15, -0.1) is 11.8 Å². The first-order chi connectivity index (χ1) is 14.6. The van der Waals surface area contributed by atoms with Gasteiger partial charge in [-0.1, -0.05) is 89.0 Å². The molecule has 0 heterocycles. The van der Waals surface area contributed by atoms with E-state index in [1.807, 2.05) is 18.2 Å². The van der Waals surface area contributed by atoms with Crippen molar-refractivity contribution in [2.75, 3.05) is 19.4 Å². The van der Waals surface area contributed by atoms with Crippen LogP contribution in [-0.4, -0.2) is 34.1 Å². The van der Waals surface area contributed by atoms with Crippen LogP contribution in [0.5, 0.6) is 0 Å². The third-order valence-electron chi connectivity index (χ3n) is 5.16. The van der Waals surface area contributed by atoms with Crippen molar-refractivity contribution in [1.82, 2.24) is 4.72 Å². The molecular formula is C23H39NO4S2. The minimum Gasteiger partial charge on any atom is -0.468 e. The maximum atomic E-state index is 12.4. The molecule has 1 aromatic carbocycles. The van der Waals surface area contributed by atoms with Gasteiger partial charge in [0.1, 0.15) is 5.25 Å². The Hall–Kier alpha value is -0.890. The molecule has 0 aliphatic heterocycles.